The van der Waals surface area contributed by atoms with Crippen molar-refractivity contribution in [2.75, 3.05) is 11.1 Å². The first-order valence-corrected chi connectivity index (χ1v) is 7.25. The molecule has 0 aliphatic heterocycles. The molecule has 0 aromatic heterocycles. The van der Waals surface area contributed by atoms with Gasteiger partial charge in [-0.3, -0.25) is 4.79 Å². The normalized spacial score (nSPS) is 10.3. The van der Waals surface area contributed by atoms with Crippen LogP contribution in [0.25, 0.3) is 0 Å². The SMILES string of the molecule is Nc1ccc(NC(=O)c2ccc(Cl)c(Br)c2)cc1Br. The highest BCUT2D eigenvalue weighted by Gasteiger charge is 2.09. The van der Waals surface area contributed by atoms with Gasteiger partial charge in [-0.1, -0.05) is 11.6 Å². The molecule has 0 radical (unpaired) electrons. The highest BCUT2D eigenvalue weighted by molar-refractivity contribution is 9.11. The van der Waals surface area contributed by atoms with E-state index < -0.39 is 0 Å². The van der Waals surface area contributed by atoms with Gasteiger partial charge in [-0.05, 0) is 68.3 Å². The van der Waals surface area contributed by atoms with Gasteiger partial charge in [0.05, 0.1) is 5.02 Å². The maximum Gasteiger partial charge on any atom is 0.255 e. The molecule has 0 spiro atoms. The van der Waals surface area contributed by atoms with Crippen LogP contribution in [0.1, 0.15) is 10.4 Å². The molecule has 98 valence electrons. The van der Waals surface area contributed by atoms with Crippen molar-refractivity contribution in [3.63, 3.8) is 0 Å². The van der Waals surface area contributed by atoms with Crippen molar-refractivity contribution in [3.8, 4) is 0 Å². The summed E-state index contributed by atoms with van der Waals surface area (Å²) in [4.78, 5) is 12.1. The van der Waals surface area contributed by atoms with Crippen LogP contribution in [-0.4, -0.2) is 5.91 Å². The van der Waals surface area contributed by atoms with Crippen molar-refractivity contribution in [3.05, 3.63) is 55.9 Å². The van der Waals surface area contributed by atoms with Gasteiger partial charge in [-0.2, -0.15) is 0 Å². The molecule has 19 heavy (non-hydrogen) atoms. The van der Waals surface area contributed by atoms with E-state index in [1.54, 1.807) is 36.4 Å². The van der Waals surface area contributed by atoms with Crippen molar-refractivity contribution < 1.29 is 4.79 Å². The lowest BCUT2D eigenvalue weighted by molar-refractivity contribution is 0.102. The fourth-order valence-corrected chi connectivity index (χ4v) is 2.32. The number of anilines is 2. The van der Waals surface area contributed by atoms with Gasteiger partial charge in [0.15, 0.2) is 0 Å². The maximum atomic E-state index is 12.1. The Morgan fingerprint density at radius 3 is 2.47 bits per heavy atom. The Balaban J connectivity index is 2.20. The number of rotatable bonds is 2. The van der Waals surface area contributed by atoms with E-state index >= 15 is 0 Å². The summed E-state index contributed by atoms with van der Waals surface area (Å²) < 4.78 is 1.42. The van der Waals surface area contributed by atoms with Crippen LogP contribution < -0.4 is 11.1 Å². The van der Waals surface area contributed by atoms with Crippen LogP contribution in [0.15, 0.2) is 45.3 Å². The zero-order chi connectivity index (χ0) is 14.0. The molecule has 0 fully saturated rings. The highest BCUT2D eigenvalue weighted by atomic mass is 79.9. The monoisotopic (exact) mass is 402 g/mol. The summed E-state index contributed by atoms with van der Waals surface area (Å²) >= 11 is 12.5. The lowest BCUT2D eigenvalue weighted by atomic mass is 10.2. The van der Waals surface area contributed by atoms with Gasteiger partial charge in [0.2, 0.25) is 0 Å². The Kier molecular flexibility index (Phi) is 4.50. The lowest BCUT2D eigenvalue weighted by Crippen LogP contribution is -2.11. The van der Waals surface area contributed by atoms with Crippen molar-refractivity contribution in [1.82, 2.24) is 0 Å². The van der Waals surface area contributed by atoms with Crippen LogP contribution in [0.4, 0.5) is 11.4 Å². The summed E-state index contributed by atoms with van der Waals surface area (Å²) in [6.07, 6.45) is 0. The van der Waals surface area contributed by atoms with Gasteiger partial charge in [-0.25, -0.2) is 0 Å². The Bertz CT molecular complexity index is 647. The van der Waals surface area contributed by atoms with Crippen LogP contribution in [0.5, 0.6) is 0 Å². The average Bonchev–Trinajstić information content (AvgIpc) is 2.37. The van der Waals surface area contributed by atoms with E-state index in [4.69, 9.17) is 17.3 Å². The van der Waals surface area contributed by atoms with Gasteiger partial charge >= 0.3 is 0 Å². The minimum atomic E-state index is -0.214. The quantitative estimate of drug-likeness (QED) is 0.713. The molecule has 0 heterocycles. The van der Waals surface area contributed by atoms with E-state index in [0.717, 1.165) is 4.47 Å². The lowest BCUT2D eigenvalue weighted by Gasteiger charge is -2.07. The fourth-order valence-electron chi connectivity index (χ4n) is 1.45. The average molecular weight is 404 g/mol. The molecular formula is C13H9Br2ClN2O. The summed E-state index contributed by atoms with van der Waals surface area (Å²) in [6, 6.07) is 10.2. The van der Waals surface area contributed by atoms with Gasteiger partial charge in [0.25, 0.3) is 5.91 Å². The molecule has 0 atom stereocenters. The number of benzene rings is 2. The summed E-state index contributed by atoms with van der Waals surface area (Å²) in [5, 5.41) is 3.35. The van der Waals surface area contributed by atoms with Crippen LogP contribution in [0.3, 0.4) is 0 Å². The van der Waals surface area contributed by atoms with E-state index in [2.05, 4.69) is 37.2 Å². The number of hydrogen-bond donors (Lipinski definition) is 2. The summed E-state index contributed by atoms with van der Waals surface area (Å²) in [7, 11) is 0. The van der Waals surface area contributed by atoms with E-state index in [1.807, 2.05) is 0 Å². The van der Waals surface area contributed by atoms with Crippen LogP contribution >= 0.6 is 43.5 Å². The minimum Gasteiger partial charge on any atom is -0.398 e. The third-order valence-electron chi connectivity index (χ3n) is 2.44. The zero-order valence-electron chi connectivity index (χ0n) is 9.58. The Morgan fingerprint density at radius 1 is 1.11 bits per heavy atom. The first kappa shape index (κ1) is 14.4. The van der Waals surface area contributed by atoms with Gasteiger partial charge in [0, 0.05) is 25.9 Å². The summed E-state index contributed by atoms with van der Waals surface area (Å²) in [5.41, 5.74) is 7.49. The number of carbonyl (C=O) groups excluding carboxylic acids is 1. The van der Waals surface area contributed by atoms with Crippen molar-refractivity contribution in [1.29, 1.82) is 0 Å². The smallest absolute Gasteiger partial charge is 0.255 e. The van der Waals surface area contributed by atoms with Crippen LogP contribution in [-0.2, 0) is 0 Å². The number of halogens is 3. The number of nitrogen functional groups attached to an aromatic ring is 1. The summed E-state index contributed by atoms with van der Waals surface area (Å²) in [6.45, 7) is 0. The molecule has 3 N–H and O–H groups in total. The molecule has 0 saturated carbocycles. The van der Waals surface area contributed by atoms with Gasteiger partial charge in [-0.15, -0.1) is 0 Å². The van der Waals surface area contributed by atoms with Crippen LogP contribution in [0, 0.1) is 0 Å². The van der Waals surface area contributed by atoms with E-state index in [0.29, 0.717) is 26.4 Å². The molecular weight excluding hydrogens is 395 g/mol. The number of nitrogens with one attached hydrogen (secondary N) is 1. The predicted molar refractivity (Wildman–Crippen MR) is 85.7 cm³/mol. The second kappa shape index (κ2) is 5.94. The molecule has 0 saturated heterocycles. The van der Waals surface area contributed by atoms with E-state index in [9.17, 15) is 4.79 Å². The zero-order valence-corrected chi connectivity index (χ0v) is 13.5. The molecule has 0 aliphatic carbocycles. The van der Waals surface area contributed by atoms with E-state index in [-0.39, 0.29) is 5.91 Å². The molecule has 0 bridgehead atoms. The Hall–Kier alpha value is -1.04. The fraction of sp³-hybridized carbons (Fsp3) is 0. The Labute approximate surface area is 132 Å². The topological polar surface area (TPSA) is 55.1 Å². The molecule has 6 heteroatoms. The third kappa shape index (κ3) is 3.49. The molecule has 2 aromatic rings. The maximum absolute atomic E-state index is 12.1. The molecule has 0 aliphatic rings. The predicted octanol–water partition coefficient (Wildman–Crippen LogP) is 4.70. The molecule has 3 nitrogen and oxygen atoms in total. The second-order valence-corrected chi connectivity index (χ2v) is 5.94. The molecule has 2 aromatic carbocycles. The first-order chi connectivity index (χ1) is 8.97. The van der Waals surface area contributed by atoms with Crippen LogP contribution in [0.2, 0.25) is 5.02 Å². The molecule has 0 unspecified atom stereocenters. The van der Waals surface area contributed by atoms with E-state index in [1.165, 1.54) is 0 Å². The third-order valence-corrected chi connectivity index (χ3v) is 4.34. The van der Waals surface area contributed by atoms with Crippen molar-refractivity contribution >= 4 is 60.7 Å². The second-order valence-electron chi connectivity index (χ2n) is 3.82. The van der Waals surface area contributed by atoms with Gasteiger partial charge in [0.1, 0.15) is 0 Å². The Morgan fingerprint density at radius 2 is 1.84 bits per heavy atom. The minimum absolute atomic E-state index is 0.214. The largest absolute Gasteiger partial charge is 0.398 e. The molecule has 2 rings (SSSR count). The van der Waals surface area contributed by atoms with Gasteiger partial charge < -0.3 is 11.1 Å². The molecule has 1 amide bonds. The first-order valence-electron chi connectivity index (χ1n) is 5.29. The summed E-state index contributed by atoms with van der Waals surface area (Å²) in [5.74, 6) is -0.214. The standard InChI is InChI=1S/C13H9Br2ClN2O/c14-9-5-7(1-3-11(9)16)13(19)18-8-2-4-12(17)10(15)6-8/h1-6H,17H2,(H,18,19). The number of carbonyl (C=O) groups is 1. The highest BCUT2D eigenvalue weighted by Crippen LogP contribution is 2.25. The number of amides is 1. The van der Waals surface area contributed by atoms with Crippen molar-refractivity contribution in [2.24, 2.45) is 0 Å². The number of hydrogen-bond acceptors (Lipinski definition) is 2. The van der Waals surface area contributed by atoms with Crippen molar-refractivity contribution in [2.45, 2.75) is 0 Å². The number of nitrogens with two attached hydrogens (primary N) is 1.